The lowest BCUT2D eigenvalue weighted by Crippen LogP contribution is -2.40. The summed E-state index contributed by atoms with van der Waals surface area (Å²) in [5.41, 5.74) is 0. The normalized spacial score (nSPS) is 28.2. The van der Waals surface area contributed by atoms with Crippen LogP contribution < -0.4 is 0 Å². The second-order valence-electron chi connectivity index (χ2n) is 2.80. The van der Waals surface area contributed by atoms with E-state index in [0.717, 1.165) is 0 Å². The highest BCUT2D eigenvalue weighted by atomic mass is 32.2. The van der Waals surface area contributed by atoms with Crippen molar-refractivity contribution < 1.29 is 18.3 Å². The molecule has 0 amide bonds. The standard InChI is InChI=1S/C6H12O4S/c1-10-6(7)2-4-11(8,9)5-3-6/h7H,2-5H2,1H3. The SMILES string of the molecule is COC1(O)CCS(=O)(=O)CC1. The quantitative estimate of drug-likeness (QED) is 0.554. The maximum atomic E-state index is 10.9. The summed E-state index contributed by atoms with van der Waals surface area (Å²) in [5, 5.41) is 9.43. The number of sulfone groups is 1. The average Bonchev–Trinajstić information content (AvgIpc) is 1.97. The Bertz CT molecular complexity index is 217. The van der Waals surface area contributed by atoms with Gasteiger partial charge in [-0.1, -0.05) is 0 Å². The number of methoxy groups -OCH3 is 1. The third-order valence-electron chi connectivity index (χ3n) is 1.99. The van der Waals surface area contributed by atoms with Gasteiger partial charge >= 0.3 is 0 Å². The van der Waals surface area contributed by atoms with Gasteiger partial charge in [0.05, 0.1) is 11.5 Å². The molecule has 0 atom stereocenters. The second-order valence-corrected chi connectivity index (χ2v) is 5.11. The maximum absolute atomic E-state index is 10.9. The van der Waals surface area contributed by atoms with Gasteiger partial charge in [0.1, 0.15) is 0 Å². The Balaban J connectivity index is 2.62. The highest BCUT2D eigenvalue weighted by molar-refractivity contribution is 7.91. The summed E-state index contributed by atoms with van der Waals surface area (Å²) in [6.45, 7) is 0. The van der Waals surface area contributed by atoms with E-state index in [9.17, 15) is 13.5 Å². The molecule has 1 fully saturated rings. The molecule has 11 heavy (non-hydrogen) atoms. The van der Waals surface area contributed by atoms with E-state index in [1.807, 2.05) is 0 Å². The number of hydrogen-bond donors (Lipinski definition) is 1. The molecular weight excluding hydrogens is 168 g/mol. The van der Waals surface area contributed by atoms with Crippen LogP contribution in [0.2, 0.25) is 0 Å². The topological polar surface area (TPSA) is 63.6 Å². The Hall–Kier alpha value is -0.130. The minimum Gasteiger partial charge on any atom is -0.365 e. The number of ether oxygens (including phenoxy) is 1. The van der Waals surface area contributed by atoms with Crippen molar-refractivity contribution in [1.82, 2.24) is 0 Å². The lowest BCUT2D eigenvalue weighted by Gasteiger charge is -2.29. The Morgan fingerprint density at radius 2 is 1.82 bits per heavy atom. The molecule has 1 N–H and O–H groups in total. The summed E-state index contributed by atoms with van der Waals surface area (Å²) in [6, 6.07) is 0. The van der Waals surface area contributed by atoms with Gasteiger partial charge in [-0.15, -0.1) is 0 Å². The summed E-state index contributed by atoms with van der Waals surface area (Å²) >= 11 is 0. The van der Waals surface area contributed by atoms with Gasteiger partial charge in [0.15, 0.2) is 15.6 Å². The van der Waals surface area contributed by atoms with Crippen molar-refractivity contribution in [2.24, 2.45) is 0 Å². The Morgan fingerprint density at radius 1 is 1.36 bits per heavy atom. The Labute approximate surface area is 66.1 Å². The third-order valence-corrected chi connectivity index (χ3v) is 3.64. The van der Waals surface area contributed by atoms with Crippen LogP contribution in [0.4, 0.5) is 0 Å². The zero-order valence-electron chi connectivity index (χ0n) is 6.41. The second kappa shape index (κ2) is 2.73. The average molecular weight is 180 g/mol. The van der Waals surface area contributed by atoms with E-state index in [1.165, 1.54) is 7.11 Å². The van der Waals surface area contributed by atoms with Crippen LogP contribution in [-0.2, 0) is 14.6 Å². The predicted molar refractivity (Wildman–Crippen MR) is 39.8 cm³/mol. The fraction of sp³-hybridized carbons (Fsp3) is 1.00. The zero-order chi connectivity index (χ0) is 8.54. The summed E-state index contributed by atoms with van der Waals surface area (Å²) in [4.78, 5) is 0. The van der Waals surface area contributed by atoms with Gasteiger partial charge in [0.2, 0.25) is 0 Å². The molecule has 1 rings (SSSR count). The first-order valence-corrected chi connectivity index (χ1v) is 5.28. The number of aliphatic hydroxyl groups is 1. The molecule has 0 spiro atoms. The molecular formula is C6H12O4S. The number of hydrogen-bond acceptors (Lipinski definition) is 4. The van der Waals surface area contributed by atoms with Gasteiger partial charge in [-0.2, -0.15) is 0 Å². The molecule has 0 aromatic heterocycles. The fourth-order valence-electron chi connectivity index (χ4n) is 1.06. The van der Waals surface area contributed by atoms with Gasteiger partial charge in [-0.25, -0.2) is 8.42 Å². The largest absolute Gasteiger partial charge is 0.365 e. The molecule has 5 heteroatoms. The Kier molecular flexibility index (Phi) is 2.22. The minimum absolute atomic E-state index is 0.0251. The lowest BCUT2D eigenvalue weighted by atomic mass is 10.1. The fourth-order valence-corrected chi connectivity index (χ4v) is 2.53. The van der Waals surface area contributed by atoms with E-state index in [4.69, 9.17) is 4.74 Å². The molecule has 0 aliphatic carbocycles. The van der Waals surface area contributed by atoms with Crippen LogP contribution in [0.5, 0.6) is 0 Å². The predicted octanol–water partition coefficient (Wildman–Crippen LogP) is -0.470. The lowest BCUT2D eigenvalue weighted by molar-refractivity contribution is -0.188. The van der Waals surface area contributed by atoms with E-state index in [1.54, 1.807) is 0 Å². The van der Waals surface area contributed by atoms with E-state index in [-0.39, 0.29) is 24.3 Å². The molecule has 4 nitrogen and oxygen atoms in total. The first kappa shape index (κ1) is 8.96. The van der Waals surface area contributed by atoms with Gasteiger partial charge in [0.25, 0.3) is 0 Å². The van der Waals surface area contributed by atoms with Crippen LogP contribution >= 0.6 is 0 Å². The van der Waals surface area contributed by atoms with Crippen LogP contribution in [0.15, 0.2) is 0 Å². The molecule has 1 saturated heterocycles. The van der Waals surface area contributed by atoms with Crippen LogP contribution in [0.25, 0.3) is 0 Å². The van der Waals surface area contributed by atoms with Crippen molar-refractivity contribution in [3.05, 3.63) is 0 Å². The van der Waals surface area contributed by atoms with Gasteiger partial charge in [0, 0.05) is 20.0 Å². The van der Waals surface area contributed by atoms with E-state index >= 15 is 0 Å². The Morgan fingerprint density at radius 3 is 2.18 bits per heavy atom. The molecule has 0 radical (unpaired) electrons. The van der Waals surface area contributed by atoms with Crippen molar-refractivity contribution >= 4 is 9.84 Å². The van der Waals surface area contributed by atoms with Gasteiger partial charge in [-0.3, -0.25) is 0 Å². The monoisotopic (exact) mass is 180 g/mol. The van der Waals surface area contributed by atoms with Gasteiger partial charge < -0.3 is 9.84 Å². The molecule has 0 aromatic rings. The summed E-state index contributed by atoms with van der Waals surface area (Å²) in [5.74, 6) is -1.15. The van der Waals surface area contributed by atoms with Crippen molar-refractivity contribution in [2.45, 2.75) is 18.6 Å². The highest BCUT2D eigenvalue weighted by Crippen LogP contribution is 2.23. The number of rotatable bonds is 1. The van der Waals surface area contributed by atoms with E-state index in [2.05, 4.69) is 0 Å². The molecule has 1 heterocycles. The summed E-state index contributed by atoms with van der Waals surface area (Å²) in [6.07, 6.45) is 0.373. The smallest absolute Gasteiger partial charge is 0.166 e. The van der Waals surface area contributed by atoms with Crippen LogP contribution in [-0.4, -0.2) is 37.9 Å². The first-order chi connectivity index (χ1) is 4.97. The summed E-state index contributed by atoms with van der Waals surface area (Å²) in [7, 11) is -1.52. The highest BCUT2D eigenvalue weighted by Gasteiger charge is 2.34. The molecule has 1 aliphatic heterocycles. The summed E-state index contributed by atoms with van der Waals surface area (Å²) < 4.78 is 26.5. The van der Waals surface area contributed by atoms with Crippen LogP contribution in [0.1, 0.15) is 12.8 Å². The third kappa shape index (κ3) is 2.15. The van der Waals surface area contributed by atoms with E-state index < -0.39 is 15.6 Å². The zero-order valence-corrected chi connectivity index (χ0v) is 7.23. The van der Waals surface area contributed by atoms with E-state index in [0.29, 0.717) is 0 Å². The first-order valence-electron chi connectivity index (χ1n) is 3.45. The van der Waals surface area contributed by atoms with Gasteiger partial charge in [-0.05, 0) is 0 Å². The molecule has 1 aliphatic rings. The molecule has 0 saturated carbocycles. The van der Waals surface area contributed by atoms with Crippen molar-refractivity contribution in [1.29, 1.82) is 0 Å². The maximum Gasteiger partial charge on any atom is 0.166 e. The van der Waals surface area contributed by atoms with Crippen LogP contribution in [0, 0.1) is 0 Å². The van der Waals surface area contributed by atoms with Crippen molar-refractivity contribution in [2.75, 3.05) is 18.6 Å². The minimum atomic E-state index is -2.90. The van der Waals surface area contributed by atoms with Crippen LogP contribution in [0.3, 0.4) is 0 Å². The molecule has 0 aromatic carbocycles. The van der Waals surface area contributed by atoms with Crippen molar-refractivity contribution in [3.8, 4) is 0 Å². The molecule has 66 valence electrons. The molecule has 0 unspecified atom stereocenters. The molecule has 0 bridgehead atoms. The van der Waals surface area contributed by atoms with Crippen molar-refractivity contribution in [3.63, 3.8) is 0 Å².